The maximum Gasteiger partial charge on any atom is 0.442 e. The van der Waals surface area contributed by atoms with Gasteiger partial charge in [0.05, 0.1) is 0 Å². The van der Waals surface area contributed by atoms with E-state index in [1.54, 1.807) is 4.90 Å². The Labute approximate surface area is 122 Å². The molecule has 1 aromatic heterocycles. The van der Waals surface area contributed by atoms with Crippen LogP contribution in [-0.2, 0) is 11.3 Å². The van der Waals surface area contributed by atoms with Crippen molar-refractivity contribution in [3.8, 4) is 11.4 Å². The highest BCUT2D eigenvalue weighted by Crippen LogP contribution is 2.17. The number of rotatable bonds is 3. The first-order chi connectivity index (χ1) is 10.1. The van der Waals surface area contributed by atoms with Crippen molar-refractivity contribution in [1.29, 1.82) is 0 Å². The smallest absolute Gasteiger partial charge is 0.341 e. The van der Waals surface area contributed by atoms with Gasteiger partial charge < -0.3 is 4.90 Å². The summed E-state index contributed by atoms with van der Waals surface area (Å²) in [5.74, 6) is -0.267. The van der Waals surface area contributed by atoms with Gasteiger partial charge in [-0.25, -0.2) is 9.36 Å². The minimum absolute atomic E-state index is 0.0223. The number of hydrogen-bond acceptors (Lipinski definition) is 4. The lowest BCUT2D eigenvalue weighted by Crippen LogP contribution is -2.33. The van der Waals surface area contributed by atoms with Gasteiger partial charge >= 0.3 is 5.76 Å². The van der Waals surface area contributed by atoms with E-state index in [4.69, 9.17) is 4.52 Å². The molecule has 21 heavy (non-hydrogen) atoms. The SMILES string of the molecule is Cc1ccc(-c2noc(=O)n2CC(=O)N2CCCC2)cc1. The van der Waals surface area contributed by atoms with Gasteiger partial charge in [0.2, 0.25) is 5.91 Å². The average Bonchev–Trinajstić information content (AvgIpc) is 3.11. The zero-order chi connectivity index (χ0) is 14.8. The second-order valence-electron chi connectivity index (χ2n) is 5.31. The normalized spacial score (nSPS) is 14.6. The predicted molar refractivity (Wildman–Crippen MR) is 76.8 cm³/mol. The molecule has 1 aliphatic heterocycles. The number of amides is 1. The lowest BCUT2D eigenvalue weighted by atomic mass is 10.1. The second kappa shape index (κ2) is 5.55. The van der Waals surface area contributed by atoms with E-state index in [2.05, 4.69) is 5.16 Å². The van der Waals surface area contributed by atoms with Crippen LogP contribution in [-0.4, -0.2) is 33.6 Å². The molecule has 110 valence electrons. The van der Waals surface area contributed by atoms with Gasteiger partial charge in [-0.2, -0.15) is 0 Å². The maximum absolute atomic E-state index is 12.2. The minimum Gasteiger partial charge on any atom is -0.341 e. The zero-order valence-corrected chi connectivity index (χ0v) is 11.9. The fourth-order valence-corrected chi connectivity index (χ4v) is 2.52. The van der Waals surface area contributed by atoms with Crippen LogP contribution in [0.15, 0.2) is 33.6 Å². The Morgan fingerprint density at radius 3 is 2.57 bits per heavy atom. The predicted octanol–water partition coefficient (Wildman–Crippen LogP) is 1.43. The third kappa shape index (κ3) is 2.74. The van der Waals surface area contributed by atoms with Gasteiger partial charge in [-0.1, -0.05) is 35.0 Å². The van der Waals surface area contributed by atoms with E-state index in [0.717, 1.165) is 37.1 Å². The molecule has 2 heterocycles. The number of aromatic nitrogens is 2. The first-order valence-corrected chi connectivity index (χ1v) is 7.06. The van der Waals surface area contributed by atoms with E-state index in [1.807, 2.05) is 31.2 Å². The van der Waals surface area contributed by atoms with Gasteiger partial charge in [0, 0.05) is 18.7 Å². The third-order valence-corrected chi connectivity index (χ3v) is 3.75. The van der Waals surface area contributed by atoms with Gasteiger partial charge in [-0.05, 0) is 19.8 Å². The quantitative estimate of drug-likeness (QED) is 0.856. The van der Waals surface area contributed by atoms with E-state index in [1.165, 1.54) is 4.57 Å². The lowest BCUT2D eigenvalue weighted by Gasteiger charge is -2.15. The molecule has 2 aromatic rings. The van der Waals surface area contributed by atoms with Gasteiger partial charge in [0.1, 0.15) is 6.54 Å². The van der Waals surface area contributed by atoms with Crippen molar-refractivity contribution in [2.75, 3.05) is 13.1 Å². The van der Waals surface area contributed by atoms with Gasteiger partial charge in [0.25, 0.3) is 0 Å². The first kappa shape index (κ1) is 13.6. The highest BCUT2D eigenvalue weighted by atomic mass is 16.5. The molecule has 6 nitrogen and oxygen atoms in total. The van der Waals surface area contributed by atoms with Crippen molar-refractivity contribution < 1.29 is 9.32 Å². The van der Waals surface area contributed by atoms with Crippen molar-refractivity contribution in [3.63, 3.8) is 0 Å². The summed E-state index contributed by atoms with van der Waals surface area (Å²) in [7, 11) is 0. The highest BCUT2D eigenvalue weighted by molar-refractivity contribution is 5.76. The van der Waals surface area contributed by atoms with Crippen molar-refractivity contribution >= 4 is 5.91 Å². The molecule has 0 unspecified atom stereocenters. The van der Waals surface area contributed by atoms with Crippen LogP contribution in [0, 0.1) is 6.92 Å². The van der Waals surface area contributed by atoms with Crippen LogP contribution in [0.3, 0.4) is 0 Å². The highest BCUT2D eigenvalue weighted by Gasteiger charge is 2.21. The largest absolute Gasteiger partial charge is 0.442 e. The van der Waals surface area contributed by atoms with Crippen LogP contribution in [0.25, 0.3) is 11.4 Å². The van der Waals surface area contributed by atoms with Crippen molar-refractivity contribution in [2.45, 2.75) is 26.3 Å². The van der Waals surface area contributed by atoms with E-state index in [0.29, 0.717) is 5.82 Å². The topological polar surface area (TPSA) is 68.3 Å². The van der Waals surface area contributed by atoms with Crippen molar-refractivity contribution in [3.05, 3.63) is 40.4 Å². The van der Waals surface area contributed by atoms with Crippen LogP contribution in [0.4, 0.5) is 0 Å². The zero-order valence-electron chi connectivity index (χ0n) is 11.9. The van der Waals surface area contributed by atoms with Crippen LogP contribution >= 0.6 is 0 Å². The summed E-state index contributed by atoms with van der Waals surface area (Å²) in [6, 6.07) is 7.59. The third-order valence-electron chi connectivity index (χ3n) is 3.75. The molecule has 0 radical (unpaired) electrons. The van der Waals surface area contributed by atoms with Gasteiger partial charge in [-0.3, -0.25) is 9.32 Å². The number of carbonyl (C=O) groups is 1. The standard InChI is InChI=1S/C15H17N3O3/c1-11-4-6-12(7-5-11)14-16-21-15(20)18(14)10-13(19)17-8-2-3-9-17/h4-7H,2-3,8-10H2,1H3. The number of nitrogens with zero attached hydrogens (tertiary/aromatic N) is 3. The van der Waals surface area contributed by atoms with E-state index in [-0.39, 0.29) is 12.5 Å². The molecule has 0 aliphatic carbocycles. The molecule has 1 aliphatic rings. The van der Waals surface area contributed by atoms with Crippen molar-refractivity contribution in [1.82, 2.24) is 14.6 Å². The fraction of sp³-hybridized carbons (Fsp3) is 0.400. The van der Waals surface area contributed by atoms with Gasteiger partial charge in [-0.15, -0.1) is 0 Å². The summed E-state index contributed by atoms with van der Waals surface area (Å²) in [4.78, 5) is 25.8. The van der Waals surface area contributed by atoms with Crippen LogP contribution in [0.5, 0.6) is 0 Å². The average molecular weight is 287 g/mol. The first-order valence-electron chi connectivity index (χ1n) is 7.06. The van der Waals surface area contributed by atoms with E-state index < -0.39 is 5.76 Å². The summed E-state index contributed by atoms with van der Waals surface area (Å²) in [6.07, 6.45) is 2.05. The molecule has 3 rings (SSSR count). The van der Waals surface area contributed by atoms with Crippen molar-refractivity contribution in [2.24, 2.45) is 0 Å². The number of benzene rings is 1. The number of hydrogen-bond donors (Lipinski definition) is 0. The Kier molecular flexibility index (Phi) is 3.60. The summed E-state index contributed by atoms with van der Waals surface area (Å²) in [5, 5.41) is 3.80. The lowest BCUT2D eigenvalue weighted by molar-refractivity contribution is -0.130. The Balaban J connectivity index is 1.88. The Bertz CT molecular complexity index is 694. The molecule has 1 fully saturated rings. The molecular weight excluding hydrogens is 270 g/mol. The van der Waals surface area contributed by atoms with E-state index >= 15 is 0 Å². The molecule has 0 saturated carbocycles. The number of likely N-dealkylation sites (tertiary alicyclic amines) is 1. The van der Waals surface area contributed by atoms with Crippen LogP contribution < -0.4 is 5.76 Å². The summed E-state index contributed by atoms with van der Waals surface area (Å²) in [5.41, 5.74) is 1.88. The molecule has 1 saturated heterocycles. The Hall–Kier alpha value is -2.37. The van der Waals surface area contributed by atoms with Crippen LogP contribution in [0.2, 0.25) is 0 Å². The molecule has 1 aromatic carbocycles. The van der Waals surface area contributed by atoms with Gasteiger partial charge in [0.15, 0.2) is 5.82 Å². The number of aryl methyl sites for hydroxylation is 1. The Morgan fingerprint density at radius 1 is 1.24 bits per heavy atom. The fourth-order valence-electron chi connectivity index (χ4n) is 2.52. The summed E-state index contributed by atoms with van der Waals surface area (Å²) < 4.78 is 6.03. The number of carbonyl (C=O) groups excluding carboxylic acids is 1. The molecule has 6 heteroatoms. The monoisotopic (exact) mass is 287 g/mol. The van der Waals surface area contributed by atoms with Crippen LogP contribution in [0.1, 0.15) is 18.4 Å². The second-order valence-corrected chi connectivity index (χ2v) is 5.31. The molecule has 1 amide bonds. The summed E-state index contributed by atoms with van der Waals surface area (Å²) >= 11 is 0. The van der Waals surface area contributed by atoms with E-state index in [9.17, 15) is 9.59 Å². The maximum atomic E-state index is 12.2. The molecular formula is C15H17N3O3. The summed E-state index contributed by atoms with van der Waals surface area (Å²) in [6.45, 7) is 3.49. The molecule has 0 spiro atoms. The molecule has 0 N–H and O–H groups in total. The molecule has 0 bridgehead atoms. The Morgan fingerprint density at radius 2 is 1.90 bits per heavy atom. The minimum atomic E-state index is -0.599. The molecule has 0 atom stereocenters.